The summed E-state index contributed by atoms with van der Waals surface area (Å²) in [5, 5.41) is 0. The van der Waals surface area contributed by atoms with Crippen molar-refractivity contribution >= 4 is 12.0 Å². The summed E-state index contributed by atoms with van der Waals surface area (Å²) < 4.78 is 0. The van der Waals surface area contributed by atoms with E-state index < -0.39 is 0 Å². The van der Waals surface area contributed by atoms with E-state index in [1.165, 1.54) is 6.07 Å². The van der Waals surface area contributed by atoms with Crippen LogP contribution in [-0.4, -0.2) is 28.9 Å². The van der Waals surface area contributed by atoms with E-state index in [1.807, 2.05) is 47.4 Å². The van der Waals surface area contributed by atoms with Crippen LogP contribution in [0.4, 0.5) is 0 Å². The van der Waals surface area contributed by atoms with Gasteiger partial charge in [0.2, 0.25) is 11.5 Å². The number of aromatic nitrogens is 1. The fourth-order valence-electron chi connectivity index (χ4n) is 2.75. The molecule has 1 saturated heterocycles. The van der Waals surface area contributed by atoms with Gasteiger partial charge in [-0.25, -0.2) is 0 Å². The van der Waals surface area contributed by atoms with Crippen molar-refractivity contribution < 1.29 is 4.79 Å². The van der Waals surface area contributed by atoms with Crippen LogP contribution >= 0.6 is 0 Å². The second-order valence-corrected chi connectivity index (χ2v) is 5.50. The Morgan fingerprint density at radius 3 is 2.73 bits per heavy atom. The number of likely N-dealkylation sites (tertiary alicyclic amines) is 1. The Kier molecular flexibility index (Phi) is 4.19. The van der Waals surface area contributed by atoms with E-state index in [-0.39, 0.29) is 11.5 Å². The fraction of sp³-hybridized carbons (Fsp3) is 0.222. The van der Waals surface area contributed by atoms with Crippen LogP contribution in [0.5, 0.6) is 0 Å². The lowest BCUT2D eigenvalue weighted by Gasteiger charge is -2.14. The monoisotopic (exact) mass is 294 g/mol. The number of nitrogens with zero attached hydrogens (tertiary/aromatic N) is 1. The number of H-pyrrole nitrogens is 1. The third-order valence-electron chi connectivity index (χ3n) is 4.00. The van der Waals surface area contributed by atoms with Gasteiger partial charge in [0.15, 0.2) is 0 Å². The first kappa shape index (κ1) is 14.3. The average Bonchev–Trinajstić information content (AvgIpc) is 3.04. The molecule has 0 radical (unpaired) electrons. The van der Waals surface area contributed by atoms with Crippen LogP contribution in [0.1, 0.15) is 23.5 Å². The summed E-state index contributed by atoms with van der Waals surface area (Å²) in [4.78, 5) is 27.9. The Labute approximate surface area is 129 Å². The summed E-state index contributed by atoms with van der Waals surface area (Å²) >= 11 is 0. The molecule has 1 amide bonds. The number of carbonyl (C=O) groups excluding carboxylic acids is 1. The molecule has 0 aliphatic carbocycles. The molecule has 1 aromatic carbocycles. The average molecular weight is 294 g/mol. The summed E-state index contributed by atoms with van der Waals surface area (Å²) in [6, 6.07) is 13.2. The van der Waals surface area contributed by atoms with Crippen molar-refractivity contribution in [3.63, 3.8) is 0 Å². The third-order valence-corrected chi connectivity index (χ3v) is 4.00. The molecule has 1 aromatic heterocycles. The van der Waals surface area contributed by atoms with Gasteiger partial charge >= 0.3 is 0 Å². The summed E-state index contributed by atoms with van der Waals surface area (Å²) in [5.74, 6) is 0.335. The molecule has 4 nitrogen and oxygen atoms in total. The molecule has 0 spiro atoms. The van der Waals surface area contributed by atoms with Crippen molar-refractivity contribution in [1.82, 2.24) is 9.88 Å². The highest BCUT2D eigenvalue weighted by Crippen LogP contribution is 2.26. The number of benzene rings is 1. The maximum atomic E-state index is 12.2. The molecular formula is C18H18N2O2. The lowest BCUT2D eigenvalue weighted by Crippen LogP contribution is -2.26. The minimum atomic E-state index is -0.0968. The molecule has 0 bridgehead atoms. The normalized spacial score (nSPS) is 18.0. The zero-order valence-electron chi connectivity index (χ0n) is 12.2. The molecule has 3 rings (SSSR count). The van der Waals surface area contributed by atoms with Crippen LogP contribution in [0.3, 0.4) is 0 Å². The van der Waals surface area contributed by atoms with Gasteiger partial charge in [-0.3, -0.25) is 9.59 Å². The molecule has 1 aliphatic rings. The fourth-order valence-corrected chi connectivity index (χ4v) is 2.75. The van der Waals surface area contributed by atoms with Gasteiger partial charge < -0.3 is 9.88 Å². The van der Waals surface area contributed by atoms with Crippen LogP contribution in [0.25, 0.3) is 6.08 Å². The van der Waals surface area contributed by atoms with E-state index in [9.17, 15) is 9.59 Å². The van der Waals surface area contributed by atoms with Gasteiger partial charge in [0.25, 0.3) is 0 Å². The Morgan fingerprint density at radius 1 is 1.18 bits per heavy atom. The molecule has 2 heterocycles. The van der Waals surface area contributed by atoms with Crippen LogP contribution in [-0.2, 0) is 4.79 Å². The molecule has 1 atom stereocenters. The smallest absolute Gasteiger partial charge is 0.247 e. The lowest BCUT2D eigenvalue weighted by atomic mass is 10.0. The largest absolute Gasteiger partial charge is 0.339 e. The van der Waals surface area contributed by atoms with Crippen LogP contribution in [0, 0.1) is 0 Å². The first-order valence-corrected chi connectivity index (χ1v) is 7.43. The van der Waals surface area contributed by atoms with E-state index in [0.717, 1.165) is 24.1 Å². The van der Waals surface area contributed by atoms with Crippen molar-refractivity contribution in [2.75, 3.05) is 13.1 Å². The van der Waals surface area contributed by atoms with Gasteiger partial charge in [-0.15, -0.1) is 0 Å². The molecule has 1 unspecified atom stereocenters. The highest BCUT2D eigenvalue weighted by Gasteiger charge is 2.26. The van der Waals surface area contributed by atoms with Crippen molar-refractivity contribution in [3.05, 3.63) is 76.2 Å². The molecule has 4 heteroatoms. The molecule has 112 valence electrons. The topological polar surface area (TPSA) is 53.2 Å². The Morgan fingerprint density at radius 2 is 2.00 bits per heavy atom. The number of hydrogen-bond donors (Lipinski definition) is 1. The number of pyridine rings is 1. The van der Waals surface area contributed by atoms with Crippen molar-refractivity contribution in [3.8, 4) is 0 Å². The van der Waals surface area contributed by atoms with Gasteiger partial charge in [-0.1, -0.05) is 36.4 Å². The molecule has 1 N–H and O–H groups in total. The first-order chi connectivity index (χ1) is 10.7. The predicted molar refractivity (Wildman–Crippen MR) is 86.5 cm³/mol. The minimum Gasteiger partial charge on any atom is -0.339 e. The number of rotatable bonds is 3. The van der Waals surface area contributed by atoms with E-state index in [4.69, 9.17) is 0 Å². The second kappa shape index (κ2) is 6.43. The molecule has 22 heavy (non-hydrogen) atoms. The highest BCUT2D eigenvalue weighted by molar-refractivity contribution is 5.92. The first-order valence-electron chi connectivity index (χ1n) is 7.43. The summed E-state index contributed by atoms with van der Waals surface area (Å²) in [7, 11) is 0. The zero-order valence-corrected chi connectivity index (χ0v) is 12.2. The molecule has 1 fully saturated rings. The predicted octanol–water partition coefficient (Wildman–Crippen LogP) is 2.40. The maximum absolute atomic E-state index is 12.2. The SMILES string of the molecule is O=C(/C=C/c1ccccc1)N1CCC(c2ccc(=O)[nH]c2)C1. The summed E-state index contributed by atoms with van der Waals surface area (Å²) in [6.07, 6.45) is 6.15. The van der Waals surface area contributed by atoms with Gasteiger partial charge in [-0.2, -0.15) is 0 Å². The lowest BCUT2D eigenvalue weighted by molar-refractivity contribution is -0.124. The Bertz CT molecular complexity index is 714. The van der Waals surface area contributed by atoms with Crippen LogP contribution < -0.4 is 5.56 Å². The summed E-state index contributed by atoms with van der Waals surface area (Å²) in [5.41, 5.74) is 2.01. The van der Waals surface area contributed by atoms with Gasteiger partial charge in [-0.05, 0) is 23.6 Å². The Balaban J connectivity index is 1.62. The number of carbonyl (C=O) groups is 1. The van der Waals surface area contributed by atoms with Crippen molar-refractivity contribution in [2.24, 2.45) is 0 Å². The quantitative estimate of drug-likeness (QED) is 0.884. The standard InChI is InChI=1S/C18H18N2O2/c21-17-8-7-15(12-19-17)16-10-11-20(13-16)18(22)9-6-14-4-2-1-3-5-14/h1-9,12,16H,10-11,13H2,(H,19,21)/b9-6+. The van der Waals surface area contributed by atoms with Crippen molar-refractivity contribution in [2.45, 2.75) is 12.3 Å². The third kappa shape index (κ3) is 3.34. The minimum absolute atomic E-state index is 0.0378. The summed E-state index contributed by atoms with van der Waals surface area (Å²) in [6.45, 7) is 1.45. The number of aromatic amines is 1. The van der Waals surface area contributed by atoms with Gasteiger partial charge in [0, 0.05) is 37.3 Å². The van der Waals surface area contributed by atoms with E-state index in [0.29, 0.717) is 12.5 Å². The van der Waals surface area contributed by atoms with E-state index >= 15 is 0 Å². The number of nitrogens with one attached hydrogen (secondary N) is 1. The molecule has 0 saturated carbocycles. The highest BCUT2D eigenvalue weighted by atomic mass is 16.2. The Hall–Kier alpha value is -2.62. The van der Waals surface area contributed by atoms with Crippen LogP contribution in [0.2, 0.25) is 0 Å². The molecular weight excluding hydrogens is 276 g/mol. The van der Waals surface area contributed by atoms with Crippen LogP contribution in [0.15, 0.2) is 59.5 Å². The van der Waals surface area contributed by atoms with E-state index in [1.54, 1.807) is 12.3 Å². The zero-order chi connectivity index (χ0) is 15.4. The number of amides is 1. The van der Waals surface area contributed by atoms with Gasteiger partial charge in [0.1, 0.15) is 0 Å². The van der Waals surface area contributed by atoms with Crippen molar-refractivity contribution in [1.29, 1.82) is 0 Å². The maximum Gasteiger partial charge on any atom is 0.247 e. The van der Waals surface area contributed by atoms with E-state index in [2.05, 4.69) is 4.98 Å². The second-order valence-electron chi connectivity index (χ2n) is 5.50. The molecule has 2 aromatic rings. The number of hydrogen-bond acceptors (Lipinski definition) is 2. The van der Waals surface area contributed by atoms with Gasteiger partial charge in [0.05, 0.1) is 0 Å². The molecule has 1 aliphatic heterocycles.